The Kier molecular flexibility index (Phi) is 6.31. The van der Waals surface area contributed by atoms with E-state index in [1.165, 1.54) is 6.92 Å². The van der Waals surface area contributed by atoms with Crippen LogP contribution in [0.4, 0.5) is 0 Å². The minimum absolute atomic E-state index is 0.411. The van der Waals surface area contributed by atoms with Gasteiger partial charge in [-0.05, 0) is 0 Å². The zero-order chi connectivity index (χ0) is 18.9. The van der Waals surface area contributed by atoms with Gasteiger partial charge in [-0.1, -0.05) is 6.92 Å². The summed E-state index contributed by atoms with van der Waals surface area (Å²) in [5.74, 6) is -5.34. The topological polar surface area (TPSA) is 157 Å². The first-order valence-corrected chi connectivity index (χ1v) is 7.38. The number of hydrogen-bond acceptors (Lipinski definition) is 8. The highest BCUT2D eigenvalue weighted by Crippen LogP contribution is 2.40. The molecule has 6 atom stereocenters. The summed E-state index contributed by atoms with van der Waals surface area (Å²) in [5.41, 5.74) is -2.49. The lowest BCUT2D eigenvalue weighted by Crippen LogP contribution is -2.72. The molecule has 0 bridgehead atoms. The minimum Gasteiger partial charge on any atom is -0.477 e. The molecule has 1 aliphatic heterocycles. The quantitative estimate of drug-likeness (QED) is 0.332. The Balaban J connectivity index is 3.43. The second-order valence-corrected chi connectivity index (χ2v) is 5.99. The number of aliphatic carboxylic acids is 1. The van der Waals surface area contributed by atoms with E-state index in [4.69, 9.17) is 9.47 Å². The van der Waals surface area contributed by atoms with Crippen LogP contribution in [0.25, 0.3) is 0 Å². The molecule has 1 amide bonds. The Hall–Kier alpha value is -1.30. The third kappa shape index (κ3) is 3.25. The summed E-state index contributed by atoms with van der Waals surface area (Å²) >= 11 is 0. The number of methoxy groups -OCH3 is 1. The highest BCUT2D eigenvalue weighted by Gasteiger charge is 2.60. The number of amides is 1. The van der Waals surface area contributed by atoms with Crippen LogP contribution >= 0.6 is 0 Å². The molecule has 1 aliphatic rings. The third-order valence-corrected chi connectivity index (χ3v) is 4.63. The normalized spacial score (nSPS) is 34.2. The number of hydrogen-bond donors (Lipinski definition) is 5. The molecule has 1 fully saturated rings. The molecule has 0 aromatic heterocycles. The van der Waals surface area contributed by atoms with Crippen LogP contribution in [0.2, 0.25) is 0 Å². The molecule has 0 aromatic rings. The van der Waals surface area contributed by atoms with Gasteiger partial charge in [0.05, 0.1) is 12.7 Å². The van der Waals surface area contributed by atoms with Crippen molar-refractivity contribution in [3.05, 3.63) is 0 Å². The molecule has 0 aliphatic carbocycles. The smallest absolute Gasteiger partial charge is 0.364 e. The molecule has 0 saturated carbocycles. The van der Waals surface area contributed by atoms with Crippen molar-refractivity contribution in [1.82, 2.24) is 4.90 Å². The molecule has 10 nitrogen and oxygen atoms in total. The third-order valence-electron chi connectivity index (χ3n) is 4.63. The fourth-order valence-electron chi connectivity index (χ4n) is 2.84. The second-order valence-electron chi connectivity index (χ2n) is 5.99. The molecule has 1 rings (SSSR count). The first kappa shape index (κ1) is 20.7. The molecule has 1 saturated heterocycles. The van der Waals surface area contributed by atoms with Gasteiger partial charge < -0.3 is 39.9 Å². The standard InChI is InChI=1S/C14H25NO9/c1-7-9(18)5-13(23-4,12(20)21)24-11(7)14(22,10(19)6-16)15(3)8(2)17/h7,9-11,16,18-19,22H,5-6H2,1-4H3,(H,20,21)/t7-,9-,10-,11?,13-,14?/m1/s1. The summed E-state index contributed by atoms with van der Waals surface area (Å²) in [5, 5.41) is 49.9. The largest absolute Gasteiger partial charge is 0.477 e. The number of aliphatic hydroxyl groups is 4. The monoisotopic (exact) mass is 351 g/mol. The Morgan fingerprint density at radius 1 is 1.50 bits per heavy atom. The second kappa shape index (κ2) is 7.30. The summed E-state index contributed by atoms with van der Waals surface area (Å²) in [6, 6.07) is 0. The maximum absolute atomic E-state index is 11.7. The highest BCUT2D eigenvalue weighted by molar-refractivity contribution is 5.76. The Labute approximate surface area is 139 Å². The molecule has 10 heteroatoms. The van der Waals surface area contributed by atoms with Gasteiger partial charge in [-0.15, -0.1) is 0 Å². The fourth-order valence-corrected chi connectivity index (χ4v) is 2.84. The molecule has 1 heterocycles. The lowest BCUT2D eigenvalue weighted by molar-refractivity contribution is -0.346. The van der Waals surface area contributed by atoms with E-state index in [1.807, 2.05) is 0 Å². The Morgan fingerprint density at radius 3 is 2.42 bits per heavy atom. The van der Waals surface area contributed by atoms with Crippen molar-refractivity contribution in [1.29, 1.82) is 0 Å². The Morgan fingerprint density at radius 2 is 2.04 bits per heavy atom. The maximum atomic E-state index is 11.7. The van der Waals surface area contributed by atoms with Gasteiger partial charge in [0.25, 0.3) is 5.79 Å². The summed E-state index contributed by atoms with van der Waals surface area (Å²) in [6.07, 6.45) is -5.09. The van der Waals surface area contributed by atoms with E-state index >= 15 is 0 Å². The van der Waals surface area contributed by atoms with Crippen LogP contribution in [-0.4, -0.2) is 92.9 Å². The van der Waals surface area contributed by atoms with Crippen molar-refractivity contribution < 1.29 is 44.6 Å². The molecular formula is C14H25NO9. The van der Waals surface area contributed by atoms with E-state index in [2.05, 4.69) is 0 Å². The first-order chi connectivity index (χ1) is 11.0. The molecule has 2 unspecified atom stereocenters. The SMILES string of the molecule is CO[C@]1(C(=O)O)C[C@@H](O)[C@@H](C)C(C(O)([C@H](O)CO)N(C)C(C)=O)O1. The molecule has 0 radical (unpaired) electrons. The maximum Gasteiger partial charge on any atom is 0.364 e. The van der Waals surface area contributed by atoms with Crippen LogP contribution in [0.3, 0.4) is 0 Å². The van der Waals surface area contributed by atoms with Crippen LogP contribution in [-0.2, 0) is 19.1 Å². The van der Waals surface area contributed by atoms with E-state index < -0.39 is 60.6 Å². The zero-order valence-corrected chi connectivity index (χ0v) is 14.0. The first-order valence-electron chi connectivity index (χ1n) is 7.38. The number of likely N-dealkylation sites (N-methyl/N-ethyl adjacent to an activating group) is 1. The van der Waals surface area contributed by atoms with Crippen LogP contribution in [0.5, 0.6) is 0 Å². The van der Waals surface area contributed by atoms with Crippen molar-refractivity contribution in [2.24, 2.45) is 5.92 Å². The number of carbonyl (C=O) groups excluding carboxylic acids is 1. The van der Waals surface area contributed by atoms with E-state index in [-0.39, 0.29) is 0 Å². The van der Waals surface area contributed by atoms with Crippen LogP contribution < -0.4 is 0 Å². The number of rotatable bonds is 6. The average molecular weight is 351 g/mol. The van der Waals surface area contributed by atoms with Crippen LogP contribution in [0.15, 0.2) is 0 Å². The van der Waals surface area contributed by atoms with E-state index in [1.54, 1.807) is 0 Å². The molecule has 0 spiro atoms. The molecular weight excluding hydrogens is 326 g/mol. The van der Waals surface area contributed by atoms with Crippen LogP contribution in [0, 0.1) is 5.92 Å². The van der Waals surface area contributed by atoms with E-state index in [0.717, 1.165) is 26.0 Å². The van der Waals surface area contributed by atoms with Gasteiger partial charge in [0, 0.05) is 33.4 Å². The molecule has 140 valence electrons. The Bertz CT molecular complexity index is 487. The number of aliphatic hydroxyl groups excluding tert-OH is 3. The molecule has 5 N–H and O–H groups in total. The predicted octanol–water partition coefficient (Wildman–Crippen LogP) is -2.28. The van der Waals surface area contributed by atoms with Gasteiger partial charge in [-0.25, -0.2) is 4.79 Å². The predicted molar refractivity (Wildman–Crippen MR) is 78.5 cm³/mol. The number of carbonyl (C=O) groups is 2. The molecule has 24 heavy (non-hydrogen) atoms. The zero-order valence-electron chi connectivity index (χ0n) is 14.0. The lowest BCUT2D eigenvalue weighted by Gasteiger charge is -2.52. The van der Waals surface area contributed by atoms with E-state index in [0.29, 0.717) is 0 Å². The van der Waals surface area contributed by atoms with Crippen LogP contribution in [0.1, 0.15) is 20.3 Å². The fraction of sp³-hybridized carbons (Fsp3) is 0.857. The van der Waals surface area contributed by atoms with Gasteiger partial charge in [-0.3, -0.25) is 4.79 Å². The summed E-state index contributed by atoms with van der Waals surface area (Å²) in [7, 11) is 2.22. The van der Waals surface area contributed by atoms with Crippen molar-refractivity contribution in [2.45, 2.75) is 50.1 Å². The van der Waals surface area contributed by atoms with Gasteiger partial charge >= 0.3 is 5.97 Å². The molecule has 0 aromatic carbocycles. The van der Waals surface area contributed by atoms with Gasteiger partial charge in [0.15, 0.2) is 5.72 Å². The van der Waals surface area contributed by atoms with Crippen molar-refractivity contribution in [2.75, 3.05) is 20.8 Å². The highest BCUT2D eigenvalue weighted by atomic mass is 16.7. The average Bonchev–Trinajstić information content (AvgIpc) is 2.54. The van der Waals surface area contributed by atoms with Crippen molar-refractivity contribution in [3.8, 4) is 0 Å². The lowest BCUT2D eigenvalue weighted by atomic mass is 9.80. The van der Waals surface area contributed by atoms with Gasteiger partial charge in [-0.2, -0.15) is 0 Å². The van der Waals surface area contributed by atoms with Crippen molar-refractivity contribution >= 4 is 11.9 Å². The summed E-state index contributed by atoms with van der Waals surface area (Å²) in [4.78, 5) is 24.0. The van der Waals surface area contributed by atoms with Gasteiger partial charge in [0.2, 0.25) is 5.91 Å². The number of ether oxygens (including phenoxy) is 2. The van der Waals surface area contributed by atoms with Crippen molar-refractivity contribution in [3.63, 3.8) is 0 Å². The number of carboxylic acid groups (broad SMARTS) is 1. The minimum atomic E-state index is -2.49. The number of nitrogens with zero attached hydrogens (tertiary/aromatic N) is 1. The summed E-state index contributed by atoms with van der Waals surface area (Å²) < 4.78 is 10.3. The number of carboxylic acids is 1. The van der Waals surface area contributed by atoms with E-state index in [9.17, 15) is 35.1 Å². The van der Waals surface area contributed by atoms with Gasteiger partial charge in [0.1, 0.15) is 12.2 Å². The summed E-state index contributed by atoms with van der Waals surface area (Å²) in [6.45, 7) is 1.64.